The SMILES string of the molecule is CCCCCCCCCCCC[N+]1(CC)CCCC1.N#CN=C=[N-].N#CNC#N.c1ccncc1. The van der Waals surface area contributed by atoms with Crippen LogP contribution in [0.2, 0.25) is 0 Å². The number of quaternary nitrogens is 1. The number of nitrogens with zero attached hydrogens (tertiary/aromatic N) is 7. The first kappa shape index (κ1) is 33.9. The van der Waals surface area contributed by atoms with E-state index in [1.54, 1.807) is 17.7 Å². The van der Waals surface area contributed by atoms with Gasteiger partial charge in [0.15, 0.2) is 12.4 Å². The van der Waals surface area contributed by atoms with Crippen LogP contribution in [0.25, 0.3) is 5.41 Å². The first-order valence-corrected chi connectivity index (χ1v) is 12.9. The van der Waals surface area contributed by atoms with Gasteiger partial charge in [-0.2, -0.15) is 15.8 Å². The Hall–Kier alpha value is -3.24. The molecule has 1 aromatic heterocycles. The number of unbranched alkanes of at least 4 members (excludes halogenated alkanes) is 9. The molecular formula is C27H44N8. The van der Waals surface area contributed by atoms with E-state index in [-0.39, 0.29) is 0 Å². The molecule has 192 valence electrons. The summed E-state index contributed by atoms with van der Waals surface area (Å²) < 4.78 is 1.44. The van der Waals surface area contributed by atoms with Crippen LogP contribution < -0.4 is 5.32 Å². The predicted molar refractivity (Wildman–Crippen MR) is 141 cm³/mol. The normalized spacial score (nSPS) is 12.2. The number of pyridine rings is 1. The molecule has 0 aliphatic carbocycles. The molecule has 0 spiro atoms. The fourth-order valence-corrected chi connectivity index (χ4v) is 4.00. The third kappa shape index (κ3) is 25.2. The molecule has 0 aromatic carbocycles. The van der Waals surface area contributed by atoms with E-state index in [0.717, 1.165) is 0 Å². The van der Waals surface area contributed by atoms with Crippen molar-refractivity contribution in [3.63, 3.8) is 0 Å². The zero-order valence-electron chi connectivity index (χ0n) is 21.8. The number of aromatic nitrogens is 1. The van der Waals surface area contributed by atoms with Crippen molar-refractivity contribution in [1.29, 1.82) is 15.8 Å². The molecule has 2 heterocycles. The van der Waals surface area contributed by atoms with Crippen LogP contribution in [-0.2, 0) is 0 Å². The maximum absolute atomic E-state index is 7.48. The van der Waals surface area contributed by atoms with Gasteiger partial charge in [-0.05, 0) is 31.9 Å². The number of rotatable bonds is 12. The van der Waals surface area contributed by atoms with Crippen molar-refractivity contribution in [3.05, 3.63) is 36.0 Å². The number of nitriles is 3. The molecule has 8 heteroatoms. The van der Waals surface area contributed by atoms with Gasteiger partial charge in [-0.3, -0.25) is 4.98 Å². The van der Waals surface area contributed by atoms with Crippen molar-refractivity contribution in [2.24, 2.45) is 4.99 Å². The van der Waals surface area contributed by atoms with Crippen molar-refractivity contribution in [1.82, 2.24) is 10.3 Å². The van der Waals surface area contributed by atoms with Gasteiger partial charge in [0, 0.05) is 25.2 Å². The average molecular weight is 481 g/mol. The Morgan fingerprint density at radius 3 is 1.63 bits per heavy atom. The Morgan fingerprint density at radius 2 is 1.34 bits per heavy atom. The Morgan fingerprint density at radius 1 is 0.829 bits per heavy atom. The second-order valence-corrected chi connectivity index (χ2v) is 8.40. The van der Waals surface area contributed by atoms with Crippen LogP contribution in [0, 0.1) is 34.4 Å². The first-order valence-electron chi connectivity index (χ1n) is 12.9. The molecule has 35 heavy (non-hydrogen) atoms. The highest BCUT2D eigenvalue weighted by molar-refractivity contribution is 5.46. The Labute approximate surface area is 213 Å². The molecule has 2 rings (SSSR count). The average Bonchev–Trinajstić information content (AvgIpc) is 3.38. The van der Waals surface area contributed by atoms with Gasteiger partial charge in [0.25, 0.3) is 0 Å². The van der Waals surface area contributed by atoms with E-state index in [4.69, 9.17) is 21.2 Å². The first-order chi connectivity index (χ1) is 17.2. The molecule has 1 fully saturated rings. The molecule has 1 N–H and O–H groups in total. The Kier molecular flexibility index (Phi) is 27.9. The second kappa shape index (κ2) is 28.8. The maximum atomic E-state index is 7.48. The predicted octanol–water partition coefficient (Wildman–Crippen LogP) is 6.37. The summed E-state index contributed by atoms with van der Waals surface area (Å²) in [5, 5.41) is 31.5. The molecule has 0 atom stereocenters. The molecule has 0 unspecified atom stereocenters. The van der Waals surface area contributed by atoms with Crippen LogP contribution in [0.3, 0.4) is 0 Å². The van der Waals surface area contributed by atoms with Crippen LogP contribution in [0.15, 0.2) is 35.6 Å². The minimum atomic E-state index is 1.28. The summed E-state index contributed by atoms with van der Waals surface area (Å²) in [6.45, 7) is 10.5. The Balaban J connectivity index is 0. The van der Waals surface area contributed by atoms with E-state index >= 15 is 0 Å². The summed E-state index contributed by atoms with van der Waals surface area (Å²) in [4.78, 5) is 6.37. The molecule has 8 nitrogen and oxygen atoms in total. The minimum Gasteiger partial charge on any atom is -0.422 e. The number of hydrogen-bond acceptors (Lipinski definition) is 6. The summed E-state index contributed by atoms with van der Waals surface area (Å²) in [5.74, 6) is 0. The van der Waals surface area contributed by atoms with Crippen molar-refractivity contribution >= 4 is 6.01 Å². The van der Waals surface area contributed by atoms with Crippen molar-refractivity contribution in [3.8, 4) is 18.6 Å². The summed E-state index contributed by atoms with van der Waals surface area (Å²) in [6.07, 6.45) is 25.2. The maximum Gasteiger partial charge on any atom is 0.190 e. The van der Waals surface area contributed by atoms with Crippen LogP contribution in [-0.4, -0.2) is 41.7 Å². The van der Waals surface area contributed by atoms with E-state index in [2.05, 4.69) is 23.8 Å². The largest absolute Gasteiger partial charge is 0.422 e. The molecule has 0 radical (unpaired) electrons. The van der Waals surface area contributed by atoms with Crippen LogP contribution >= 0.6 is 0 Å². The molecule has 0 amide bonds. The summed E-state index contributed by atoms with van der Waals surface area (Å²) >= 11 is 0. The second-order valence-electron chi connectivity index (χ2n) is 8.40. The van der Waals surface area contributed by atoms with Gasteiger partial charge >= 0.3 is 0 Å². The van der Waals surface area contributed by atoms with E-state index in [9.17, 15) is 0 Å². The van der Waals surface area contributed by atoms with Gasteiger partial charge in [-0.1, -0.05) is 64.4 Å². The smallest absolute Gasteiger partial charge is 0.190 e. The summed E-state index contributed by atoms with van der Waals surface area (Å²) in [7, 11) is 0. The minimum absolute atomic E-state index is 1.28. The van der Waals surface area contributed by atoms with E-state index in [1.165, 1.54) is 132 Å². The Bertz CT molecular complexity index is 694. The molecular weight excluding hydrogens is 436 g/mol. The standard InChI is InChI=1S/C18H38N.C5H5N.C2HN3.C2N3/c1-3-5-6-7-8-9-10-11-12-13-16-19(4-2)17-14-15-18-19;1-2-4-6-5-3-1;2*3-1-5-2-4/h3-18H2,1-2H3;1-5H;5H;/q+1;;;-1. The third-order valence-corrected chi connectivity index (χ3v) is 5.95. The zero-order chi connectivity index (χ0) is 26.3. The lowest BCUT2D eigenvalue weighted by molar-refractivity contribution is -0.915. The van der Waals surface area contributed by atoms with Crippen molar-refractivity contribution < 1.29 is 4.48 Å². The monoisotopic (exact) mass is 480 g/mol. The van der Waals surface area contributed by atoms with Gasteiger partial charge in [0.1, 0.15) is 0 Å². The van der Waals surface area contributed by atoms with Crippen LogP contribution in [0.4, 0.5) is 0 Å². The topological polar surface area (TPSA) is 131 Å². The van der Waals surface area contributed by atoms with Gasteiger partial charge < -0.3 is 14.9 Å². The summed E-state index contributed by atoms with van der Waals surface area (Å²) in [6, 6.07) is 7.00. The molecule has 1 aliphatic rings. The van der Waals surface area contributed by atoms with Crippen molar-refractivity contribution in [2.45, 2.75) is 90.9 Å². The van der Waals surface area contributed by atoms with Gasteiger partial charge in [0.2, 0.25) is 0 Å². The van der Waals surface area contributed by atoms with E-state index < -0.39 is 0 Å². The molecule has 0 bridgehead atoms. The molecule has 1 saturated heterocycles. The van der Waals surface area contributed by atoms with Crippen LogP contribution in [0.5, 0.6) is 0 Å². The van der Waals surface area contributed by atoms with Crippen LogP contribution in [0.1, 0.15) is 90.9 Å². The van der Waals surface area contributed by atoms with Gasteiger partial charge in [0.05, 0.1) is 32.4 Å². The van der Waals surface area contributed by atoms with E-state index in [0.29, 0.717) is 0 Å². The van der Waals surface area contributed by atoms with Gasteiger partial charge in [-0.25, -0.2) is 5.32 Å². The lowest BCUT2D eigenvalue weighted by atomic mass is 10.1. The van der Waals surface area contributed by atoms with Crippen molar-refractivity contribution in [2.75, 3.05) is 26.2 Å². The number of nitrogens with one attached hydrogen (secondary N) is 1. The highest BCUT2D eigenvalue weighted by Gasteiger charge is 2.28. The lowest BCUT2D eigenvalue weighted by Gasteiger charge is -2.33. The van der Waals surface area contributed by atoms with Gasteiger partial charge in [-0.15, -0.1) is 6.01 Å². The molecule has 1 aliphatic heterocycles. The number of aliphatic imine (C=N–C) groups is 1. The lowest BCUT2D eigenvalue weighted by Crippen LogP contribution is -2.45. The third-order valence-electron chi connectivity index (χ3n) is 5.95. The zero-order valence-corrected chi connectivity index (χ0v) is 21.8. The molecule has 1 aromatic rings. The fraction of sp³-hybridized carbons (Fsp3) is 0.667. The fourth-order valence-electron chi connectivity index (χ4n) is 4.00. The van der Waals surface area contributed by atoms with E-state index in [1.807, 2.05) is 18.2 Å². The quantitative estimate of drug-likeness (QED) is 0.122. The summed E-state index contributed by atoms with van der Waals surface area (Å²) in [5.41, 5.74) is 0. The highest BCUT2D eigenvalue weighted by Crippen LogP contribution is 2.20. The highest BCUT2D eigenvalue weighted by atomic mass is 15.4. The number of hydrogen-bond donors (Lipinski definition) is 1. The molecule has 0 saturated carbocycles. The number of likely N-dealkylation sites (tertiary alicyclic amines) is 1.